The average Bonchev–Trinajstić information content (AvgIpc) is 2.28. The molecular formula is C11H15BrN2O4S. The average molecular weight is 351 g/mol. The Morgan fingerprint density at radius 3 is 2.58 bits per heavy atom. The Morgan fingerprint density at radius 2 is 2.11 bits per heavy atom. The van der Waals surface area contributed by atoms with Crippen LogP contribution >= 0.6 is 15.9 Å². The third-order valence-corrected chi connectivity index (χ3v) is 4.43. The van der Waals surface area contributed by atoms with E-state index in [1.165, 1.54) is 18.5 Å². The summed E-state index contributed by atoms with van der Waals surface area (Å²) in [6.07, 6.45) is 2.67. The first kappa shape index (κ1) is 16.1. The van der Waals surface area contributed by atoms with Crippen LogP contribution in [-0.4, -0.2) is 31.0 Å². The van der Waals surface area contributed by atoms with E-state index in [1.807, 2.05) is 0 Å². The maximum Gasteiger partial charge on any atom is 0.308 e. The van der Waals surface area contributed by atoms with Crippen LogP contribution in [0.3, 0.4) is 0 Å². The van der Waals surface area contributed by atoms with Crippen LogP contribution < -0.4 is 4.72 Å². The summed E-state index contributed by atoms with van der Waals surface area (Å²) in [4.78, 5) is 14.8. The Labute approximate surface area is 120 Å². The van der Waals surface area contributed by atoms with Gasteiger partial charge >= 0.3 is 5.97 Å². The van der Waals surface area contributed by atoms with Crippen LogP contribution in [0.1, 0.15) is 13.8 Å². The molecule has 1 rings (SSSR count). The van der Waals surface area contributed by atoms with Gasteiger partial charge in [0.2, 0.25) is 10.0 Å². The molecule has 0 aromatic carbocycles. The van der Waals surface area contributed by atoms with Crippen LogP contribution in [0.2, 0.25) is 0 Å². The number of hydrogen-bond donors (Lipinski definition) is 2. The van der Waals surface area contributed by atoms with Crippen LogP contribution in [0.4, 0.5) is 0 Å². The molecular weight excluding hydrogens is 336 g/mol. The standard InChI is InChI=1S/C11H15BrN2O4S/c1-7(2)10(11(15)16)6-14-19(17,18)9-3-8(12)4-13-5-9/h3-5,7,10,14H,6H2,1-2H3,(H,15,16). The van der Waals surface area contributed by atoms with E-state index in [0.717, 1.165) is 0 Å². The van der Waals surface area contributed by atoms with Crippen molar-refractivity contribution >= 4 is 31.9 Å². The van der Waals surface area contributed by atoms with E-state index >= 15 is 0 Å². The van der Waals surface area contributed by atoms with E-state index in [2.05, 4.69) is 25.6 Å². The lowest BCUT2D eigenvalue weighted by Gasteiger charge is -2.16. The number of aromatic nitrogens is 1. The molecule has 1 heterocycles. The van der Waals surface area contributed by atoms with Gasteiger partial charge in [-0.05, 0) is 27.9 Å². The Morgan fingerprint density at radius 1 is 1.47 bits per heavy atom. The molecule has 0 saturated carbocycles. The summed E-state index contributed by atoms with van der Waals surface area (Å²) in [6.45, 7) is 3.31. The predicted molar refractivity (Wildman–Crippen MR) is 73.1 cm³/mol. The SMILES string of the molecule is CC(C)C(CNS(=O)(=O)c1cncc(Br)c1)C(=O)O. The van der Waals surface area contributed by atoms with E-state index < -0.39 is 21.9 Å². The molecule has 106 valence electrons. The van der Waals surface area contributed by atoms with Gasteiger partial charge in [0, 0.05) is 23.4 Å². The summed E-state index contributed by atoms with van der Waals surface area (Å²) in [5.41, 5.74) is 0. The number of carbonyl (C=O) groups is 1. The molecule has 0 aliphatic heterocycles. The minimum Gasteiger partial charge on any atom is -0.481 e. The lowest BCUT2D eigenvalue weighted by Crippen LogP contribution is -2.35. The third-order valence-electron chi connectivity index (χ3n) is 2.61. The zero-order valence-electron chi connectivity index (χ0n) is 10.5. The van der Waals surface area contributed by atoms with Crippen LogP contribution in [0.15, 0.2) is 27.8 Å². The molecule has 6 nitrogen and oxygen atoms in total. The third kappa shape index (κ3) is 4.55. The second-order valence-electron chi connectivity index (χ2n) is 4.38. The monoisotopic (exact) mass is 350 g/mol. The van der Waals surface area contributed by atoms with Crippen molar-refractivity contribution in [1.82, 2.24) is 9.71 Å². The van der Waals surface area contributed by atoms with Crippen LogP contribution in [0, 0.1) is 11.8 Å². The van der Waals surface area contributed by atoms with Gasteiger partial charge in [0.25, 0.3) is 0 Å². The summed E-state index contributed by atoms with van der Waals surface area (Å²) in [5.74, 6) is -1.96. The number of carboxylic acid groups (broad SMARTS) is 1. The minimum absolute atomic E-state index is 0.00484. The number of halogens is 1. The van der Waals surface area contributed by atoms with E-state index in [1.54, 1.807) is 13.8 Å². The van der Waals surface area contributed by atoms with Crippen molar-refractivity contribution < 1.29 is 18.3 Å². The van der Waals surface area contributed by atoms with Crippen LogP contribution in [0.5, 0.6) is 0 Å². The summed E-state index contributed by atoms with van der Waals surface area (Å²) in [5, 5.41) is 9.00. The van der Waals surface area contributed by atoms with Crippen molar-refractivity contribution in [2.45, 2.75) is 18.7 Å². The molecule has 0 aliphatic rings. The highest BCUT2D eigenvalue weighted by molar-refractivity contribution is 9.10. The molecule has 0 fully saturated rings. The summed E-state index contributed by atoms with van der Waals surface area (Å²) in [6, 6.07) is 1.40. The predicted octanol–water partition coefficient (Wildman–Crippen LogP) is 1.48. The fourth-order valence-corrected chi connectivity index (χ4v) is 2.99. The van der Waals surface area contributed by atoms with Crippen LogP contribution in [0.25, 0.3) is 0 Å². The molecule has 1 unspecified atom stereocenters. The van der Waals surface area contributed by atoms with Crippen molar-refractivity contribution in [3.63, 3.8) is 0 Å². The van der Waals surface area contributed by atoms with Crippen LogP contribution in [-0.2, 0) is 14.8 Å². The quantitative estimate of drug-likeness (QED) is 0.809. The Bertz CT molecular complexity index is 560. The first-order chi connectivity index (χ1) is 8.74. The molecule has 0 spiro atoms. The topological polar surface area (TPSA) is 96.4 Å². The molecule has 0 aliphatic carbocycles. The van der Waals surface area contributed by atoms with Crippen molar-refractivity contribution in [1.29, 1.82) is 0 Å². The van der Waals surface area contributed by atoms with Crippen molar-refractivity contribution in [2.75, 3.05) is 6.54 Å². The second kappa shape index (κ2) is 6.44. The number of aliphatic carboxylic acids is 1. The van der Waals surface area contributed by atoms with Gasteiger partial charge < -0.3 is 5.11 Å². The largest absolute Gasteiger partial charge is 0.481 e. The summed E-state index contributed by atoms with van der Waals surface area (Å²) >= 11 is 3.13. The first-order valence-corrected chi connectivity index (χ1v) is 7.84. The molecule has 0 amide bonds. The van der Waals surface area contributed by atoms with E-state index in [4.69, 9.17) is 5.11 Å². The van der Waals surface area contributed by atoms with Gasteiger partial charge in [-0.25, -0.2) is 13.1 Å². The normalized spacial score (nSPS) is 13.5. The highest BCUT2D eigenvalue weighted by Crippen LogP contribution is 2.15. The number of nitrogens with one attached hydrogen (secondary N) is 1. The molecule has 19 heavy (non-hydrogen) atoms. The molecule has 2 N–H and O–H groups in total. The molecule has 0 radical (unpaired) electrons. The van der Waals surface area contributed by atoms with Gasteiger partial charge in [0.15, 0.2) is 0 Å². The van der Waals surface area contributed by atoms with Gasteiger partial charge in [-0.3, -0.25) is 9.78 Å². The van der Waals surface area contributed by atoms with Gasteiger partial charge in [-0.1, -0.05) is 13.8 Å². The van der Waals surface area contributed by atoms with Gasteiger partial charge in [-0.2, -0.15) is 0 Å². The van der Waals surface area contributed by atoms with E-state index in [-0.39, 0.29) is 17.4 Å². The summed E-state index contributed by atoms with van der Waals surface area (Å²) in [7, 11) is -3.75. The van der Waals surface area contributed by atoms with Gasteiger partial charge in [0.05, 0.1) is 5.92 Å². The maximum absolute atomic E-state index is 12.0. The van der Waals surface area contributed by atoms with Crippen molar-refractivity contribution in [3.05, 3.63) is 22.9 Å². The zero-order chi connectivity index (χ0) is 14.6. The smallest absolute Gasteiger partial charge is 0.308 e. The Balaban J connectivity index is 2.84. The molecule has 1 aromatic heterocycles. The number of rotatable bonds is 6. The molecule has 8 heteroatoms. The fourth-order valence-electron chi connectivity index (χ4n) is 1.43. The number of sulfonamides is 1. The summed E-state index contributed by atoms with van der Waals surface area (Å²) < 4.78 is 26.8. The highest BCUT2D eigenvalue weighted by atomic mass is 79.9. The minimum atomic E-state index is -3.75. The number of carboxylic acids is 1. The lowest BCUT2D eigenvalue weighted by molar-refractivity contribution is -0.142. The fraction of sp³-hybridized carbons (Fsp3) is 0.455. The number of pyridine rings is 1. The van der Waals surface area contributed by atoms with Gasteiger partial charge in [-0.15, -0.1) is 0 Å². The van der Waals surface area contributed by atoms with E-state index in [9.17, 15) is 13.2 Å². The molecule has 1 aromatic rings. The first-order valence-electron chi connectivity index (χ1n) is 5.57. The maximum atomic E-state index is 12.0. The lowest BCUT2D eigenvalue weighted by atomic mass is 9.97. The van der Waals surface area contributed by atoms with Gasteiger partial charge in [0.1, 0.15) is 4.90 Å². The Hall–Kier alpha value is -0.990. The highest BCUT2D eigenvalue weighted by Gasteiger charge is 2.24. The molecule has 0 saturated heterocycles. The van der Waals surface area contributed by atoms with Crippen molar-refractivity contribution in [3.8, 4) is 0 Å². The Kier molecular flexibility index (Phi) is 5.45. The molecule has 0 bridgehead atoms. The number of nitrogens with zero attached hydrogens (tertiary/aromatic N) is 1. The van der Waals surface area contributed by atoms with Crippen molar-refractivity contribution in [2.24, 2.45) is 11.8 Å². The zero-order valence-corrected chi connectivity index (χ0v) is 12.9. The van der Waals surface area contributed by atoms with E-state index in [0.29, 0.717) is 4.47 Å². The molecule has 1 atom stereocenters. The number of hydrogen-bond acceptors (Lipinski definition) is 4. The second-order valence-corrected chi connectivity index (χ2v) is 7.06.